The van der Waals surface area contributed by atoms with E-state index in [9.17, 15) is 0 Å². The summed E-state index contributed by atoms with van der Waals surface area (Å²) in [6, 6.07) is 32.1. The molecule has 5 rings (SSSR count). The lowest BCUT2D eigenvalue weighted by Gasteiger charge is -2.39. The molecule has 4 aromatic rings. The Bertz CT molecular complexity index is 1230. The number of imidazole rings is 1. The molecule has 5 nitrogen and oxygen atoms in total. The molecular formula is C30H31N5. The molecule has 0 saturated carbocycles. The number of anilines is 1. The van der Waals surface area contributed by atoms with Crippen LogP contribution in [0.3, 0.4) is 0 Å². The zero-order chi connectivity index (χ0) is 23.9. The molecule has 0 amide bonds. The lowest BCUT2D eigenvalue weighted by Crippen LogP contribution is -2.44. The number of hydrogen-bond donors (Lipinski definition) is 0. The summed E-state index contributed by atoms with van der Waals surface area (Å²) in [7, 11) is 0. The highest BCUT2D eigenvalue weighted by Gasteiger charge is 2.26. The van der Waals surface area contributed by atoms with Gasteiger partial charge >= 0.3 is 0 Å². The fourth-order valence-electron chi connectivity index (χ4n) is 4.97. The summed E-state index contributed by atoms with van der Waals surface area (Å²) in [4.78, 5) is 9.62. The first-order valence-corrected chi connectivity index (χ1v) is 12.3. The second kappa shape index (κ2) is 11.0. The average Bonchev–Trinajstić information content (AvgIpc) is 3.36. The van der Waals surface area contributed by atoms with Crippen molar-refractivity contribution in [2.45, 2.75) is 38.5 Å². The van der Waals surface area contributed by atoms with E-state index in [2.05, 4.69) is 86.1 Å². The maximum Gasteiger partial charge on any atom is 0.0991 e. The molecule has 0 radical (unpaired) electrons. The Morgan fingerprint density at radius 3 is 2.20 bits per heavy atom. The van der Waals surface area contributed by atoms with Crippen molar-refractivity contribution in [1.82, 2.24) is 14.5 Å². The third kappa shape index (κ3) is 5.79. The highest BCUT2D eigenvalue weighted by atomic mass is 15.2. The summed E-state index contributed by atoms with van der Waals surface area (Å²) in [5.41, 5.74) is 5.75. The Morgan fingerprint density at radius 1 is 0.829 bits per heavy atom. The van der Waals surface area contributed by atoms with Crippen molar-refractivity contribution in [3.8, 4) is 6.07 Å². The Labute approximate surface area is 207 Å². The molecule has 176 valence electrons. The minimum atomic E-state index is 0.522. The van der Waals surface area contributed by atoms with Gasteiger partial charge < -0.3 is 9.47 Å². The van der Waals surface area contributed by atoms with Crippen LogP contribution >= 0.6 is 0 Å². The predicted octanol–water partition coefficient (Wildman–Crippen LogP) is 5.47. The van der Waals surface area contributed by atoms with E-state index < -0.39 is 0 Å². The van der Waals surface area contributed by atoms with E-state index in [-0.39, 0.29) is 0 Å². The van der Waals surface area contributed by atoms with E-state index in [0.717, 1.165) is 45.6 Å². The van der Waals surface area contributed by atoms with E-state index in [0.29, 0.717) is 11.6 Å². The molecule has 0 atom stereocenters. The van der Waals surface area contributed by atoms with Crippen LogP contribution in [0.2, 0.25) is 0 Å². The molecule has 0 unspecified atom stereocenters. The van der Waals surface area contributed by atoms with Crippen LogP contribution in [-0.4, -0.2) is 33.6 Å². The molecule has 1 aliphatic heterocycles. The molecule has 35 heavy (non-hydrogen) atoms. The van der Waals surface area contributed by atoms with Gasteiger partial charge in [-0.2, -0.15) is 5.26 Å². The largest absolute Gasteiger partial charge is 0.371 e. The van der Waals surface area contributed by atoms with Crippen molar-refractivity contribution in [1.29, 1.82) is 5.26 Å². The Balaban J connectivity index is 1.31. The molecule has 3 aromatic carbocycles. The molecule has 0 spiro atoms. The summed E-state index contributed by atoms with van der Waals surface area (Å²) in [6.07, 6.45) is 6.21. The van der Waals surface area contributed by atoms with Gasteiger partial charge in [0.1, 0.15) is 0 Å². The topological polar surface area (TPSA) is 48.1 Å². The van der Waals surface area contributed by atoms with Crippen LogP contribution in [0.5, 0.6) is 0 Å². The Kier molecular flexibility index (Phi) is 7.21. The summed E-state index contributed by atoms with van der Waals surface area (Å²) in [6.45, 7) is 4.70. The number of rotatable bonds is 8. The maximum absolute atomic E-state index is 9.08. The van der Waals surface area contributed by atoms with Gasteiger partial charge in [0.2, 0.25) is 0 Å². The molecule has 1 aliphatic rings. The van der Waals surface area contributed by atoms with E-state index in [1.165, 1.54) is 22.5 Å². The number of nitrogens with zero attached hydrogens (tertiary/aromatic N) is 5. The third-order valence-electron chi connectivity index (χ3n) is 6.93. The molecule has 0 bridgehead atoms. The van der Waals surface area contributed by atoms with Crippen molar-refractivity contribution in [3.05, 3.63) is 120 Å². The van der Waals surface area contributed by atoms with Crippen LogP contribution < -0.4 is 4.90 Å². The zero-order valence-electron chi connectivity index (χ0n) is 20.0. The molecule has 0 N–H and O–H groups in total. The lowest BCUT2D eigenvalue weighted by molar-refractivity contribution is 0.148. The van der Waals surface area contributed by atoms with Gasteiger partial charge in [0.15, 0.2) is 0 Å². The molecule has 1 aromatic heterocycles. The first-order chi connectivity index (χ1) is 17.3. The van der Waals surface area contributed by atoms with E-state index in [1.54, 1.807) is 0 Å². The van der Waals surface area contributed by atoms with E-state index in [4.69, 9.17) is 5.26 Å². The zero-order valence-corrected chi connectivity index (χ0v) is 20.0. The highest BCUT2D eigenvalue weighted by Crippen LogP contribution is 2.25. The molecule has 1 saturated heterocycles. The number of nitriles is 1. The molecule has 2 heterocycles. The summed E-state index contributed by atoms with van der Waals surface area (Å²) >= 11 is 0. The van der Waals surface area contributed by atoms with Crippen molar-refractivity contribution in [2.24, 2.45) is 0 Å². The van der Waals surface area contributed by atoms with Crippen LogP contribution in [0.4, 0.5) is 5.69 Å². The summed E-state index contributed by atoms with van der Waals surface area (Å²) in [5.74, 6) is 0. The Hall–Kier alpha value is -3.88. The third-order valence-corrected chi connectivity index (χ3v) is 6.93. The molecule has 1 fully saturated rings. The second-order valence-electron chi connectivity index (χ2n) is 9.27. The number of benzene rings is 3. The van der Waals surface area contributed by atoms with Crippen LogP contribution in [0.25, 0.3) is 0 Å². The van der Waals surface area contributed by atoms with Crippen LogP contribution in [0.15, 0.2) is 97.5 Å². The maximum atomic E-state index is 9.08. The van der Waals surface area contributed by atoms with Crippen LogP contribution in [-0.2, 0) is 19.6 Å². The van der Waals surface area contributed by atoms with Crippen molar-refractivity contribution in [2.75, 3.05) is 18.0 Å². The van der Waals surface area contributed by atoms with E-state index in [1.807, 2.05) is 36.8 Å². The standard InChI is InChI=1S/C30H31N5/c31-19-25-11-13-27(14-12-25)22-35-24-32-20-30(35)23-34(21-26-7-3-1-4-8-26)29-15-17-33(18-16-29)28-9-5-2-6-10-28/h1-14,20,24,29H,15-18,21-23H2. The Morgan fingerprint density at radius 2 is 1.51 bits per heavy atom. The quantitative estimate of drug-likeness (QED) is 0.349. The van der Waals surface area contributed by atoms with E-state index >= 15 is 0 Å². The van der Waals surface area contributed by atoms with Crippen LogP contribution in [0.1, 0.15) is 35.2 Å². The van der Waals surface area contributed by atoms with Gasteiger partial charge in [-0.15, -0.1) is 0 Å². The number of hydrogen-bond acceptors (Lipinski definition) is 4. The van der Waals surface area contributed by atoms with Crippen molar-refractivity contribution < 1.29 is 0 Å². The SMILES string of the molecule is N#Cc1ccc(Cn2cncc2CN(Cc2ccccc2)C2CCN(c3ccccc3)CC2)cc1. The van der Waals surface area contributed by atoms with Crippen LogP contribution in [0, 0.1) is 11.3 Å². The summed E-state index contributed by atoms with van der Waals surface area (Å²) in [5, 5.41) is 9.08. The number of aromatic nitrogens is 2. The normalized spacial score (nSPS) is 14.2. The van der Waals surface area contributed by atoms with Crippen molar-refractivity contribution >= 4 is 5.69 Å². The first-order valence-electron chi connectivity index (χ1n) is 12.3. The molecular weight excluding hydrogens is 430 g/mol. The number of para-hydroxylation sites is 1. The number of piperidine rings is 1. The average molecular weight is 462 g/mol. The molecule has 5 heteroatoms. The summed E-state index contributed by atoms with van der Waals surface area (Å²) < 4.78 is 2.23. The predicted molar refractivity (Wildman–Crippen MR) is 140 cm³/mol. The van der Waals surface area contributed by atoms with Gasteiger partial charge in [-0.05, 0) is 48.2 Å². The van der Waals surface area contributed by atoms with Gasteiger partial charge in [0.05, 0.1) is 23.7 Å². The molecule has 0 aliphatic carbocycles. The van der Waals surface area contributed by atoms with Gasteiger partial charge in [0, 0.05) is 50.6 Å². The monoisotopic (exact) mass is 461 g/mol. The highest BCUT2D eigenvalue weighted by molar-refractivity contribution is 5.46. The first kappa shape index (κ1) is 22.9. The second-order valence-corrected chi connectivity index (χ2v) is 9.27. The smallest absolute Gasteiger partial charge is 0.0991 e. The minimum absolute atomic E-state index is 0.522. The van der Waals surface area contributed by atoms with Crippen molar-refractivity contribution in [3.63, 3.8) is 0 Å². The fraction of sp³-hybridized carbons (Fsp3) is 0.267. The minimum Gasteiger partial charge on any atom is -0.371 e. The van der Waals surface area contributed by atoms with Gasteiger partial charge in [-0.25, -0.2) is 4.98 Å². The lowest BCUT2D eigenvalue weighted by atomic mass is 10.0. The fourth-order valence-corrected chi connectivity index (χ4v) is 4.97. The van der Waals surface area contributed by atoms with Gasteiger partial charge in [0.25, 0.3) is 0 Å². The van der Waals surface area contributed by atoms with Gasteiger partial charge in [-0.1, -0.05) is 60.7 Å². The van der Waals surface area contributed by atoms with Gasteiger partial charge in [-0.3, -0.25) is 4.90 Å².